The Morgan fingerprint density at radius 2 is 2.18 bits per heavy atom. The number of halogens is 1. The average Bonchev–Trinajstić information content (AvgIpc) is 2.35. The highest BCUT2D eigenvalue weighted by Crippen LogP contribution is 2.36. The van der Waals surface area contributed by atoms with Crippen LogP contribution in [0.5, 0.6) is 11.5 Å². The number of aliphatic hydroxyl groups excluding tert-OH is 1. The molecule has 0 spiro atoms. The summed E-state index contributed by atoms with van der Waals surface area (Å²) in [4.78, 5) is 0. The van der Waals surface area contributed by atoms with Crippen LogP contribution < -0.4 is 9.47 Å². The van der Waals surface area contributed by atoms with Crippen LogP contribution in [0.15, 0.2) is 16.6 Å². The molecular weight excluding hydrogens is 284 g/mol. The molecule has 92 valence electrons. The first-order valence-corrected chi connectivity index (χ1v) is 6.02. The maximum atomic E-state index is 9.08. The van der Waals surface area contributed by atoms with Crippen molar-refractivity contribution in [2.24, 2.45) is 0 Å². The van der Waals surface area contributed by atoms with Gasteiger partial charge in [-0.3, -0.25) is 0 Å². The van der Waals surface area contributed by atoms with Crippen molar-refractivity contribution in [3.05, 3.63) is 22.2 Å². The van der Waals surface area contributed by atoms with Gasteiger partial charge in [0.05, 0.1) is 24.8 Å². The Hall–Kier alpha value is -1.18. The van der Waals surface area contributed by atoms with E-state index in [0.29, 0.717) is 24.5 Å². The summed E-state index contributed by atoms with van der Waals surface area (Å²) in [7, 11) is 1.57. The van der Waals surface area contributed by atoms with Gasteiger partial charge >= 0.3 is 0 Å². The molecule has 17 heavy (non-hydrogen) atoms. The van der Waals surface area contributed by atoms with Gasteiger partial charge in [0.15, 0.2) is 11.5 Å². The van der Waals surface area contributed by atoms with E-state index in [9.17, 15) is 0 Å². The summed E-state index contributed by atoms with van der Waals surface area (Å²) in [6, 6.07) is 3.56. The molecule has 1 rings (SSSR count). The third kappa shape index (κ3) is 3.95. The Labute approximate surface area is 110 Å². The van der Waals surface area contributed by atoms with E-state index in [1.807, 2.05) is 6.07 Å². The summed E-state index contributed by atoms with van der Waals surface area (Å²) in [5.74, 6) is 6.98. The number of hydrogen-bond donors (Lipinski definition) is 1. The van der Waals surface area contributed by atoms with E-state index in [1.54, 1.807) is 20.1 Å². The molecule has 0 aliphatic heterocycles. The van der Waals surface area contributed by atoms with Crippen LogP contribution in [0.1, 0.15) is 18.9 Å². The number of benzene rings is 1. The molecule has 3 nitrogen and oxygen atoms in total. The van der Waals surface area contributed by atoms with Crippen LogP contribution in [0.25, 0.3) is 0 Å². The predicted molar refractivity (Wildman–Crippen MR) is 70.2 cm³/mol. The molecule has 0 bridgehead atoms. The molecule has 0 radical (unpaired) electrons. The van der Waals surface area contributed by atoms with Crippen molar-refractivity contribution in [3.63, 3.8) is 0 Å². The summed E-state index contributed by atoms with van der Waals surface area (Å²) in [6.07, 6.45) is 0.674. The maximum Gasteiger partial charge on any atom is 0.175 e. The van der Waals surface area contributed by atoms with E-state index >= 15 is 0 Å². The molecule has 1 N–H and O–H groups in total. The SMILES string of the molecule is CC#CCCOc1c(Br)cc(CO)cc1OC. The summed E-state index contributed by atoms with van der Waals surface area (Å²) >= 11 is 3.40. The van der Waals surface area contributed by atoms with Gasteiger partial charge in [0, 0.05) is 6.42 Å². The number of ether oxygens (including phenoxy) is 2. The third-order valence-electron chi connectivity index (χ3n) is 2.12. The third-order valence-corrected chi connectivity index (χ3v) is 2.71. The van der Waals surface area contributed by atoms with Gasteiger partial charge in [0.2, 0.25) is 0 Å². The lowest BCUT2D eigenvalue weighted by atomic mass is 10.2. The number of aliphatic hydroxyl groups is 1. The van der Waals surface area contributed by atoms with Crippen molar-refractivity contribution < 1.29 is 14.6 Å². The molecule has 0 saturated carbocycles. The van der Waals surface area contributed by atoms with Crippen molar-refractivity contribution in [2.75, 3.05) is 13.7 Å². The number of hydrogen-bond acceptors (Lipinski definition) is 3. The quantitative estimate of drug-likeness (QED) is 0.671. The minimum atomic E-state index is -0.0312. The summed E-state index contributed by atoms with van der Waals surface area (Å²) in [5, 5.41) is 9.08. The van der Waals surface area contributed by atoms with Crippen molar-refractivity contribution in [2.45, 2.75) is 20.0 Å². The maximum absolute atomic E-state index is 9.08. The molecule has 0 aromatic heterocycles. The van der Waals surface area contributed by atoms with E-state index in [1.165, 1.54) is 0 Å². The number of rotatable bonds is 5. The fourth-order valence-electron chi connectivity index (χ4n) is 1.33. The van der Waals surface area contributed by atoms with Gasteiger partial charge in [0.1, 0.15) is 0 Å². The Morgan fingerprint density at radius 3 is 2.76 bits per heavy atom. The minimum absolute atomic E-state index is 0.0312. The van der Waals surface area contributed by atoms with Gasteiger partial charge in [-0.2, -0.15) is 0 Å². The van der Waals surface area contributed by atoms with Crippen LogP contribution in [0.3, 0.4) is 0 Å². The van der Waals surface area contributed by atoms with Crippen molar-refractivity contribution >= 4 is 15.9 Å². The van der Waals surface area contributed by atoms with E-state index in [0.717, 1.165) is 10.0 Å². The van der Waals surface area contributed by atoms with Crippen LogP contribution in [0, 0.1) is 11.8 Å². The second-order valence-corrected chi connectivity index (χ2v) is 4.15. The molecule has 0 unspecified atom stereocenters. The van der Waals surface area contributed by atoms with E-state index in [4.69, 9.17) is 14.6 Å². The molecule has 4 heteroatoms. The highest BCUT2D eigenvalue weighted by molar-refractivity contribution is 9.10. The topological polar surface area (TPSA) is 38.7 Å². The Morgan fingerprint density at radius 1 is 1.41 bits per heavy atom. The van der Waals surface area contributed by atoms with Gasteiger partial charge in [-0.15, -0.1) is 11.8 Å². The molecule has 0 aliphatic rings. The number of methoxy groups -OCH3 is 1. The van der Waals surface area contributed by atoms with Crippen LogP contribution in [-0.4, -0.2) is 18.8 Å². The average molecular weight is 299 g/mol. The van der Waals surface area contributed by atoms with E-state index < -0.39 is 0 Å². The highest BCUT2D eigenvalue weighted by atomic mass is 79.9. The largest absolute Gasteiger partial charge is 0.493 e. The minimum Gasteiger partial charge on any atom is -0.493 e. The zero-order chi connectivity index (χ0) is 12.7. The van der Waals surface area contributed by atoms with Crippen LogP contribution in [-0.2, 0) is 6.61 Å². The first-order chi connectivity index (χ1) is 8.22. The lowest BCUT2D eigenvalue weighted by Crippen LogP contribution is -2.00. The molecule has 0 saturated heterocycles. The Kier molecular flexibility index (Phi) is 5.88. The van der Waals surface area contributed by atoms with Crippen molar-refractivity contribution in [3.8, 4) is 23.3 Å². The molecule has 0 atom stereocenters. The first kappa shape index (κ1) is 13.9. The van der Waals surface area contributed by atoms with Crippen LogP contribution >= 0.6 is 15.9 Å². The Balaban J connectivity index is 2.84. The van der Waals surface area contributed by atoms with Gasteiger partial charge in [-0.05, 0) is 40.5 Å². The van der Waals surface area contributed by atoms with E-state index in [2.05, 4.69) is 27.8 Å². The van der Waals surface area contributed by atoms with Gasteiger partial charge in [-0.25, -0.2) is 0 Å². The molecule has 1 aromatic carbocycles. The summed E-state index contributed by atoms with van der Waals surface area (Å²) < 4.78 is 11.6. The smallest absolute Gasteiger partial charge is 0.175 e. The monoisotopic (exact) mass is 298 g/mol. The molecule has 0 fully saturated rings. The van der Waals surface area contributed by atoms with Gasteiger partial charge in [0.25, 0.3) is 0 Å². The van der Waals surface area contributed by atoms with Crippen LogP contribution in [0.2, 0.25) is 0 Å². The van der Waals surface area contributed by atoms with Crippen molar-refractivity contribution in [1.29, 1.82) is 0 Å². The Bertz CT molecular complexity index is 432. The van der Waals surface area contributed by atoms with Crippen LogP contribution in [0.4, 0.5) is 0 Å². The standard InChI is InChI=1S/C13H15BrO3/c1-3-4-5-6-17-13-11(14)7-10(9-15)8-12(13)16-2/h7-8,15H,5-6,9H2,1-2H3. The first-order valence-electron chi connectivity index (χ1n) is 5.22. The normalized spacial score (nSPS) is 9.41. The second-order valence-electron chi connectivity index (χ2n) is 3.29. The molecule has 0 heterocycles. The molecule has 1 aromatic rings. The summed E-state index contributed by atoms with van der Waals surface area (Å²) in [6.45, 7) is 2.28. The predicted octanol–water partition coefficient (Wildman–Crippen LogP) is 2.74. The van der Waals surface area contributed by atoms with E-state index in [-0.39, 0.29) is 6.61 Å². The highest BCUT2D eigenvalue weighted by Gasteiger charge is 2.10. The fraction of sp³-hybridized carbons (Fsp3) is 0.385. The second kappa shape index (κ2) is 7.21. The van der Waals surface area contributed by atoms with Crippen molar-refractivity contribution in [1.82, 2.24) is 0 Å². The molecule has 0 amide bonds. The lowest BCUT2D eigenvalue weighted by molar-refractivity contribution is 0.277. The van der Waals surface area contributed by atoms with Gasteiger partial charge in [-0.1, -0.05) is 0 Å². The summed E-state index contributed by atoms with van der Waals surface area (Å²) in [5.41, 5.74) is 0.773. The fourth-order valence-corrected chi connectivity index (χ4v) is 1.94. The lowest BCUT2D eigenvalue weighted by Gasteiger charge is -2.13. The zero-order valence-corrected chi connectivity index (χ0v) is 11.5. The molecule has 0 aliphatic carbocycles. The molecular formula is C13H15BrO3. The van der Waals surface area contributed by atoms with Gasteiger partial charge < -0.3 is 14.6 Å². The zero-order valence-electron chi connectivity index (χ0n) is 9.92.